The molecule has 1 atom stereocenters. The van der Waals surface area contributed by atoms with Gasteiger partial charge in [-0.1, -0.05) is 43.8 Å². The molecule has 2 aromatic heterocycles. The Balaban J connectivity index is 1.40. The molecule has 158 valence electrons. The Bertz CT molecular complexity index is 1070. The van der Waals surface area contributed by atoms with E-state index in [2.05, 4.69) is 38.9 Å². The van der Waals surface area contributed by atoms with Crippen LogP contribution in [-0.2, 0) is 16.0 Å². The van der Waals surface area contributed by atoms with Gasteiger partial charge in [0.2, 0.25) is 5.91 Å². The largest absolute Gasteiger partial charge is 0.480 e. The molecule has 0 radical (unpaired) electrons. The number of fused-ring (bicyclic) bond motifs is 1. The Morgan fingerprint density at radius 1 is 1.30 bits per heavy atom. The first kappa shape index (κ1) is 20.5. The molecule has 1 aliphatic carbocycles. The Kier molecular flexibility index (Phi) is 5.80. The number of carbonyl (C=O) groups excluding carboxylic acids is 1. The van der Waals surface area contributed by atoms with Gasteiger partial charge in [-0.15, -0.1) is 10.2 Å². The van der Waals surface area contributed by atoms with E-state index in [1.54, 1.807) is 6.20 Å². The molecule has 1 saturated carbocycles. The summed E-state index contributed by atoms with van der Waals surface area (Å²) in [5.74, 6) is -0.0942. The molecule has 0 saturated heterocycles. The van der Waals surface area contributed by atoms with Gasteiger partial charge in [-0.3, -0.25) is 4.79 Å². The fourth-order valence-electron chi connectivity index (χ4n) is 3.54. The molecule has 1 fully saturated rings. The smallest absolute Gasteiger partial charge is 0.326 e. The number of para-hydroxylation sites is 1. The zero-order valence-corrected chi connectivity index (χ0v) is 17.8. The first-order chi connectivity index (χ1) is 14.4. The summed E-state index contributed by atoms with van der Waals surface area (Å²) < 4.78 is 2.13. The molecule has 0 spiro atoms. The van der Waals surface area contributed by atoms with Crippen molar-refractivity contribution in [2.45, 2.75) is 56.3 Å². The number of hydrogen-bond acceptors (Lipinski definition) is 5. The Morgan fingerprint density at radius 3 is 2.77 bits per heavy atom. The van der Waals surface area contributed by atoms with Gasteiger partial charge in [0, 0.05) is 35.5 Å². The highest BCUT2D eigenvalue weighted by molar-refractivity contribution is 7.99. The number of aliphatic carboxylic acids is 1. The summed E-state index contributed by atoms with van der Waals surface area (Å²) in [6.45, 7) is 4.15. The molecular formula is C21H25N5O3S. The lowest BCUT2D eigenvalue weighted by Gasteiger charge is -2.14. The summed E-state index contributed by atoms with van der Waals surface area (Å²) in [4.78, 5) is 27.4. The van der Waals surface area contributed by atoms with Crippen molar-refractivity contribution in [3.63, 3.8) is 0 Å². The minimum absolute atomic E-state index is 0.0978. The molecule has 3 N–H and O–H groups in total. The van der Waals surface area contributed by atoms with E-state index in [-0.39, 0.29) is 24.0 Å². The van der Waals surface area contributed by atoms with Crippen molar-refractivity contribution in [2.75, 3.05) is 5.75 Å². The first-order valence-electron chi connectivity index (χ1n) is 10.1. The SMILES string of the molecule is CC(C)c1nnc(SCC(=O)N[C@@H](Cc2c[nH]c3ccccc23)C(=O)O)n1C1CC1. The summed E-state index contributed by atoms with van der Waals surface area (Å²) >= 11 is 1.30. The van der Waals surface area contributed by atoms with Gasteiger partial charge in [-0.25, -0.2) is 4.79 Å². The number of carbonyl (C=O) groups is 2. The number of nitrogens with zero attached hydrogens (tertiary/aromatic N) is 3. The summed E-state index contributed by atoms with van der Waals surface area (Å²) in [5.41, 5.74) is 1.81. The lowest BCUT2D eigenvalue weighted by molar-refractivity contribution is -0.141. The number of aromatic amines is 1. The molecule has 3 aromatic rings. The van der Waals surface area contributed by atoms with E-state index in [9.17, 15) is 14.7 Å². The third-order valence-corrected chi connectivity index (χ3v) is 6.13. The van der Waals surface area contributed by atoms with Crippen LogP contribution >= 0.6 is 11.8 Å². The van der Waals surface area contributed by atoms with Crippen molar-refractivity contribution in [3.05, 3.63) is 41.9 Å². The molecule has 8 nitrogen and oxygen atoms in total. The molecule has 30 heavy (non-hydrogen) atoms. The van der Waals surface area contributed by atoms with Gasteiger partial charge < -0.3 is 20.0 Å². The van der Waals surface area contributed by atoms with Crippen LogP contribution in [0.25, 0.3) is 10.9 Å². The van der Waals surface area contributed by atoms with E-state index in [1.807, 2.05) is 24.3 Å². The van der Waals surface area contributed by atoms with Crippen molar-refractivity contribution >= 4 is 34.5 Å². The van der Waals surface area contributed by atoms with Gasteiger partial charge in [-0.2, -0.15) is 0 Å². The molecule has 1 aliphatic rings. The lowest BCUT2D eigenvalue weighted by atomic mass is 10.1. The topological polar surface area (TPSA) is 113 Å². The summed E-state index contributed by atoms with van der Waals surface area (Å²) in [7, 11) is 0. The van der Waals surface area contributed by atoms with Gasteiger partial charge in [0.1, 0.15) is 11.9 Å². The first-order valence-corrected chi connectivity index (χ1v) is 11.1. The number of benzene rings is 1. The molecule has 0 unspecified atom stereocenters. The molecule has 0 aliphatic heterocycles. The Morgan fingerprint density at radius 2 is 2.07 bits per heavy atom. The van der Waals surface area contributed by atoms with Crippen LogP contribution in [0.3, 0.4) is 0 Å². The molecule has 1 amide bonds. The van der Waals surface area contributed by atoms with Crippen molar-refractivity contribution in [1.29, 1.82) is 0 Å². The average Bonchev–Trinajstić information content (AvgIpc) is 3.33. The number of aromatic nitrogens is 4. The highest BCUT2D eigenvalue weighted by Crippen LogP contribution is 2.40. The maximum absolute atomic E-state index is 12.5. The Labute approximate surface area is 178 Å². The van der Waals surface area contributed by atoms with Crippen LogP contribution in [0.5, 0.6) is 0 Å². The van der Waals surface area contributed by atoms with Gasteiger partial charge in [-0.05, 0) is 24.5 Å². The van der Waals surface area contributed by atoms with E-state index in [0.717, 1.165) is 40.3 Å². The second kappa shape index (κ2) is 8.51. The van der Waals surface area contributed by atoms with Crippen molar-refractivity contribution < 1.29 is 14.7 Å². The molecule has 0 bridgehead atoms. The lowest BCUT2D eigenvalue weighted by Crippen LogP contribution is -2.43. The Hall–Kier alpha value is -2.81. The van der Waals surface area contributed by atoms with Crippen molar-refractivity contribution in [1.82, 2.24) is 25.1 Å². The maximum Gasteiger partial charge on any atom is 0.326 e. The fourth-order valence-corrected chi connectivity index (χ4v) is 4.37. The van der Waals surface area contributed by atoms with Crippen LogP contribution in [0.15, 0.2) is 35.6 Å². The van der Waals surface area contributed by atoms with E-state index in [4.69, 9.17) is 0 Å². The minimum Gasteiger partial charge on any atom is -0.480 e. The number of H-pyrrole nitrogens is 1. The summed E-state index contributed by atoms with van der Waals surface area (Å²) in [5, 5.41) is 22.5. The summed E-state index contributed by atoms with van der Waals surface area (Å²) in [6, 6.07) is 7.12. The number of carboxylic acid groups (broad SMARTS) is 1. The molecule has 9 heteroatoms. The van der Waals surface area contributed by atoms with Crippen LogP contribution in [0.1, 0.15) is 50.0 Å². The van der Waals surface area contributed by atoms with E-state index in [0.29, 0.717) is 6.04 Å². The second-order valence-corrected chi connectivity index (χ2v) is 8.85. The fraction of sp³-hybridized carbons (Fsp3) is 0.429. The molecule has 4 rings (SSSR count). The minimum atomic E-state index is -1.05. The number of thioether (sulfide) groups is 1. The van der Waals surface area contributed by atoms with E-state index in [1.165, 1.54) is 11.8 Å². The number of rotatable bonds is 9. The molecular weight excluding hydrogens is 402 g/mol. The standard InChI is InChI=1S/C21H25N5O3S/c1-12(2)19-24-25-21(26(19)14-7-8-14)30-11-18(27)23-17(20(28)29)9-13-10-22-16-6-4-3-5-15(13)16/h3-6,10,12,14,17,22H,7-9,11H2,1-2H3,(H,23,27)(H,28,29)/t17-/m0/s1. The summed E-state index contributed by atoms with van der Waals surface area (Å²) in [6.07, 6.45) is 4.21. The predicted molar refractivity (Wildman–Crippen MR) is 115 cm³/mol. The zero-order valence-electron chi connectivity index (χ0n) is 17.0. The number of amides is 1. The monoisotopic (exact) mass is 427 g/mol. The third-order valence-electron chi connectivity index (χ3n) is 5.18. The van der Waals surface area contributed by atoms with Crippen LogP contribution in [0.4, 0.5) is 0 Å². The van der Waals surface area contributed by atoms with E-state index < -0.39 is 12.0 Å². The normalized spacial score (nSPS) is 14.9. The molecule has 1 aromatic carbocycles. The number of carboxylic acids is 1. The van der Waals surface area contributed by atoms with Crippen LogP contribution in [0.2, 0.25) is 0 Å². The maximum atomic E-state index is 12.5. The van der Waals surface area contributed by atoms with Crippen LogP contribution < -0.4 is 5.32 Å². The van der Waals surface area contributed by atoms with Gasteiger partial charge >= 0.3 is 5.97 Å². The zero-order chi connectivity index (χ0) is 21.3. The highest BCUT2D eigenvalue weighted by Gasteiger charge is 2.31. The van der Waals surface area contributed by atoms with Gasteiger partial charge in [0.25, 0.3) is 0 Å². The highest BCUT2D eigenvalue weighted by atomic mass is 32.2. The van der Waals surface area contributed by atoms with Crippen molar-refractivity contribution in [3.8, 4) is 0 Å². The van der Waals surface area contributed by atoms with E-state index >= 15 is 0 Å². The van der Waals surface area contributed by atoms with Crippen LogP contribution in [-0.4, -0.2) is 48.5 Å². The molecule has 2 heterocycles. The average molecular weight is 428 g/mol. The number of hydrogen-bond donors (Lipinski definition) is 3. The predicted octanol–water partition coefficient (Wildman–Crippen LogP) is 3.12. The third kappa shape index (κ3) is 4.35. The van der Waals surface area contributed by atoms with Crippen LogP contribution in [0, 0.1) is 0 Å². The van der Waals surface area contributed by atoms with Crippen molar-refractivity contribution in [2.24, 2.45) is 0 Å². The number of nitrogens with one attached hydrogen (secondary N) is 2. The second-order valence-electron chi connectivity index (χ2n) is 7.91. The quantitative estimate of drug-likeness (QED) is 0.452. The van der Waals surface area contributed by atoms with Gasteiger partial charge in [0.05, 0.1) is 5.75 Å². The van der Waals surface area contributed by atoms with Gasteiger partial charge in [0.15, 0.2) is 5.16 Å².